The fraction of sp³-hybridized carbons (Fsp3) is 0.290. The molecule has 0 bridgehead atoms. The largest absolute Gasteiger partial charge is 0.405 e. The van der Waals surface area contributed by atoms with Crippen LogP contribution in [0.15, 0.2) is 67.1 Å². The summed E-state index contributed by atoms with van der Waals surface area (Å²) in [5.74, 6) is -0.400. The number of carbonyl (C=O) groups is 2. The molecule has 9 nitrogen and oxygen atoms in total. The van der Waals surface area contributed by atoms with Gasteiger partial charge in [-0.3, -0.25) is 13.8 Å². The normalized spacial score (nSPS) is 16.9. The fourth-order valence-corrected chi connectivity index (χ4v) is 6.39. The molecule has 0 unspecified atom stereocenters. The van der Waals surface area contributed by atoms with Gasteiger partial charge in [0.05, 0.1) is 33.9 Å². The van der Waals surface area contributed by atoms with Crippen molar-refractivity contribution in [1.29, 1.82) is 0 Å². The Kier molecular flexibility index (Phi) is 8.36. The molecule has 4 heterocycles. The van der Waals surface area contributed by atoms with Crippen LogP contribution in [0, 0.1) is 5.92 Å². The molecule has 5 aromatic rings. The Morgan fingerprint density at radius 3 is 2.49 bits per heavy atom. The summed E-state index contributed by atoms with van der Waals surface area (Å²) >= 11 is 12.7. The second-order valence-electron chi connectivity index (χ2n) is 10.9. The SMILES string of the molecule is CC[C@@H]1CN(C(=O)NCC(F)(F)F)C[C@@H]1c1cnc2cnc3c(ccn3C(=O)Cc3ccccc3Nc3c(Cl)cccc3Cl)n12. The first kappa shape index (κ1) is 30.7. The van der Waals surface area contributed by atoms with Crippen LogP contribution in [0.2, 0.25) is 10.0 Å². The van der Waals surface area contributed by atoms with Gasteiger partial charge in [0.1, 0.15) is 6.54 Å². The summed E-state index contributed by atoms with van der Waals surface area (Å²) in [6, 6.07) is 13.6. The Morgan fingerprint density at radius 2 is 1.76 bits per heavy atom. The van der Waals surface area contributed by atoms with Crippen LogP contribution in [0.25, 0.3) is 16.8 Å². The van der Waals surface area contributed by atoms with Crippen LogP contribution in [0.5, 0.6) is 0 Å². The van der Waals surface area contributed by atoms with Crippen LogP contribution in [-0.2, 0) is 6.42 Å². The maximum Gasteiger partial charge on any atom is 0.405 e. The zero-order valence-electron chi connectivity index (χ0n) is 24.0. The van der Waals surface area contributed by atoms with E-state index in [2.05, 4.69) is 15.3 Å². The summed E-state index contributed by atoms with van der Waals surface area (Å²) in [5.41, 5.74) is 4.38. The number of halogens is 5. The lowest BCUT2D eigenvalue weighted by Gasteiger charge is -2.18. The molecule has 1 fully saturated rings. The van der Waals surface area contributed by atoms with E-state index < -0.39 is 18.8 Å². The van der Waals surface area contributed by atoms with Crippen molar-refractivity contribution in [3.05, 3.63) is 88.4 Å². The number of hydrogen-bond acceptors (Lipinski definition) is 5. The number of anilines is 2. The Labute approximate surface area is 265 Å². The number of rotatable bonds is 7. The second-order valence-corrected chi connectivity index (χ2v) is 11.7. The molecular formula is C31H28Cl2F3N7O2. The van der Waals surface area contributed by atoms with Gasteiger partial charge in [-0.2, -0.15) is 13.2 Å². The van der Waals surface area contributed by atoms with Gasteiger partial charge in [-0.05, 0) is 35.7 Å². The zero-order valence-corrected chi connectivity index (χ0v) is 25.5. The van der Waals surface area contributed by atoms with Gasteiger partial charge in [0.2, 0.25) is 5.91 Å². The van der Waals surface area contributed by atoms with E-state index in [9.17, 15) is 22.8 Å². The van der Waals surface area contributed by atoms with E-state index in [1.165, 1.54) is 9.47 Å². The molecule has 14 heteroatoms. The average molecular weight is 659 g/mol. The monoisotopic (exact) mass is 657 g/mol. The molecule has 1 aliphatic heterocycles. The number of hydrogen-bond donors (Lipinski definition) is 2. The second kappa shape index (κ2) is 12.2. The summed E-state index contributed by atoms with van der Waals surface area (Å²) in [7, 11) is 0. The number of para-hydroxylation sites is 2. The van der Waals surface area contributed by atoms with E-state index in [-0.39, 0.29) is 30.7 Å². The number of nitrogens with zero attached hydrogens (tertiary/aromatic N) is 5. The lowest BCUT2D eigenvalue weighted by molar-refractivity contribution is -0.123. The minimum atomic E-state index is -4.49. The minimum absolute atomic E-state index is 0.00379. The summed E-state index contributed by atoms with van der Waals surface area (Å²) in [6.45, 7) is 1.15. The van der Waals surface area contributed by atoms with Gasteiger partial charge in [0.25, 0.3) is 0 Å². The third kappa shape index (κ3) is 6.16. The first-order valence-electron chi connectivity index (χ1n) is 14.3. The Morgan fingerprint density at radius 1 is 1.00 bits per heavy atom. The van der Waals surface area contributed by atoms with Crippen molar-refractivity contribution >= 4 is 63.3 Å². The molecule has 2 amide bonds. The van der Waals surface area contributed by atoms with Gasteiger partial charge < -0.3 is 15.5 Å². The van der Waals surface area contributed by atoms with Gasteiger partial charge in [0.15, 0.2) is 11.3 Å². The maximum absolute atomic E-state index is 13.7. The molecule has 45 heavy (non-hydrogen) atoms. The van der Waals surface area contributed by atoms with Crippen LogP contribution in [0.3, 0.4) is 0 Å². The van der Waals surface area contributed by atoms with Crippen molar-refractivity contribution in [1.82, 2.24) is 29.2 Å². The molecule has 1 aliphatic rings. The lowest BCUT2D eigenvalue weighted by atomic mass is 9.91. The van der Waals surface area contributed by atoms with E-state index in [1.807, 2.05) is 40.9 Å². The third-order valence-corrected chi connectivity index (χ3v) is 8.75. The zero-order chi connectivity index (χ0) is 31.9. The van der Waals surface area contributed by atoms with Crippen molar-refractivity contribution in [3.63, 3.8) is 0 Å². The Balaban J connectivity index is 1.28. The lowest BCUT2D eigenvalue weighted by Crippen LogP contribution is -2.42. The predicted octanol–water partition coefficient (Wildman–Crippen LogP) is 7.31. The molecule has 3 aromatic heterocycles. The molecule has 0 spiro atoms. The van der Waals surface area contributed by atoms with E-state index in [4.69, 9.17) is 23.2 Å². The highest BCUT2D eigenvalue weighted by atomic mass is 35.5. The van der Waals surface area contributed by atoms with Gasteiger partial charge in [-0.1, -0.05) is 60.8 Å². The standard InChI is InChI=1S/C31H28Cl2F3N7O2/c1-2-18-15-41(30(45)39-17-31(34,35)36)16-20(18)25-13-37-26-14-38-29-24(43(25)26)10-11-42(29)27(44)12-19-6-3-4-9-23(19)40-28-21(32)7-5-8-22(28)33/h3-11,13-14,18,20,40H,2,12,15-17H2,1H3,(H,39,45)/t18-,20+/m1/s1. The summed E-state index contributed by atoms with van der Waals surface area (Å²) in [5, 5.41) is 6.12. The highest BCUT2D eigenvalue weighted by Gasteiger charge is 2.38. The van der Waals surface area contributed by atoms with Gasteiger partial charge in [-0.15, -0.1) is 0 Å². The van der Waals surface area contributed by atoms with Crippen LogP contribution < -0.4 is 10.6 Å². The fourth-order valence-electron chi connectivity index (χ4n) is 5.90. The number of nitrogens with one attached hydrogen (secondary N) is 2. The number of aromatic nitrogens is 4. The van der Waals surface area contributed by atoms with E-state index in [0.717, 1.165) is 11.3 Å². The number of likely N-dealkylation sites (tertiary alicyclic amines) is 1. The molecule has 6 rings (SSSR count). The Bertz CT molecular complexity index is 1890. The van der Waals surface area contributed by atoms with Crippen molar-refractivity contribution in [3.8, 4) is 0 Å². The maximum atomic E-state index is 13.7. The number of fused-ring (bicyclic) bond motifs is 3. The first-order chi connectivity index (χ1) is 21.5. The van der Waals surface area contributed by atoms with Crippen LogP contribution in [0.1, 0.15) is 35.3 Å². The predicted molar refractivity (Wildman–Crippen MR) is 167 cm³/mol. The molecule has 1 saturated heterocycles. The van der Waals surface area contributed by atoms with Crippen molar-refractivity contribution < 1.29 is 22.8 Å². The number of alkyl halides is 3. The molecule has 234 valence electrons. The topological polar surface area (TPSA) is 96.6 Å². The molecule has 2 aromatic carbocycles. The smallest absolute Gasteiger partial charge is 0.353 e. The molecule has 0 radical (unpaired) electrons. The molecule has 0 aliphatic carbocycles. The van der Waals surface area contributed by atoms with E-state index >= 15 is 0 Å². The summed E-state index contributed by atoms with van der Waals surface area (Å²) in [4.78, 5) is 36.7. The number of amides is 2. The number of benzene rings is 2. The number of urea groups is 1. The molecule has 2 atom stereocenters. The van der Waals surface area contributed by atoms with E-state index in [0.29, 0.717) is 51.2 Å². The number of imidazole rings is 1. The van der Waals surface area contributed by atoms with Gasteiger partial charge >= 0.3 is 12.2 Å². The highest BCUT2D eigenvalue weighted by Crippen LogP contribution is 2.37. The summed E-state index contributed by atoms with van der Waals surface area (Å²) < 4.78 is 41.5. The minimum Gasteiger partial charge on any atom is -0.353 e. The van der Waals surface area contributed by atoms with E-state index in [1.54, 1.807) is 42.9 Å². The highest BCUT2D eigenvalue weighted by molar-refractivity contribution is 6.39. The van der Waals surface area contributed by atoms with Crippen molar-refractivity contribution in [2.24, 2.45) is 5.92 Å². The number of carbonyl (C=O) groups excluding carboxylic acids is 2. The molecule has 0 saturated carbocycles. The Hall–Kier alpha value is -4.29. The molecule has 2 N–H and O–H groups in total. The van der Waals surface area contributed by atoms with Crippen molar-refractivity contribution in [2.45, 2.75) is 31.9 Å². The molecular weight excluding hydrogens is 630 g/mol. The van der Waals surface area contributed by atoms with Gasteiger partial charge in [-0.25, -0.2) is 14.8 Å². The van der Waals surface area contributed by atoms with Crippen LogP contribution in [-0.4, -0.2) is 61.6 Å². The summed E-state index contributed by atoms with van der Waals surface area (Å²) in [6.07, 6.45) is 1.21. The first-order valence-corrected chi connectivity index (χ1v) is 15.0. The van der Waals surface area contributed by atoms with Crippen molar-refractivity contribution in [2.75, 3.05) is 25.0 Å². The quantitative estimate of drug-likeness (QED) is 0.191. The van der Waals surface area contributed by atoms with Crippen LogP contribution in [0.4, 0.5) is 29.3 Å². The van der Waals surface area contributed by atoms with Gasteiger partial charge in [0, 0.05) is 42.8 Å². The third-order valence-electron chi connectivity index (χ3n) is 8.12. The average Bonchev–Trinajstić information content (AvgIpc) is 3.74. The van der Waals surface area contributed by atoms with Crippen LogP contribution >= 0.6 is 23.2 Å².